The number of nitrogens with one attached hydrogen (secondary N) is 1. The molecule has 2 aromatic rings. The third-order valence-corrected chi connectivity index (χ3v) is 2.97. The molecule has 0 unspecified atom stereocenters. The molecule has 0 aromatic carbocycles. The van der Waals surface area contributed by atoms with Crippen molar-refractivity contribution in [2.75, 3.05) is 13.7 Å². The van der Waals surface area contributed by atoms with E-state index in [-0.39, 0.29) is 23.8 Å². The first-order valence-electron chi connectivity index (χ1n) is 7.02. The second kappa shape index (κ2) is 7.86. The molecule has 0 saturated heterocycles. The number of methoxy groups -OCH3 is 1. The molecule has 0 aliphatic carbocycles. The third kappa shape index (κ3) is 5.01. The molecular formula is C14H15F3N4O3. The van der Waals surface area contributed by atoms with Gasteiger partial charge in [0.05, 0.1) is 12.2 Å². The van der Waals surface area contributed by atoms with Gasteiger partial charge in [0.25, 0.3) is 0 Å². The van der Waals surface area contributed by atoms with Gasteiger partial charge in [-0.05, 0) is 18.6 Å². The van der Waals surface area contributed by atoms with Crippen LogP contribution in [0.2, 0.25) is 0 Å². The van der Waals surface area contributed by atoms with Crippen molar-refractivity contribution in [2.24, 2.45) is 0 Å². The molecule has 0 spiro atoms. The average Bonchev–Trinajstić information content (AvgIpc) is 3.04. The SMILES string of the molecule is COCCCC(=O)NCc1ccc(-c2noc(C(F)(F)F)n2)cn1. The van der Waals surface area contributed by atoms with Crippen molar-refractivity contribution in [2.45, 2.75) is 25.6 Å². The molecule has 0 fully saturated rings. The maximum atomic E-state index is 12.4. The summed E-state index contributed by atoms with van der Waals surface area (Å²) in [5, 5.41) is 5.96. The fourth-order valence-electron chi connectivity index (χ4n) is 1.77. The van der Waals surface area contributed by atoms with E-state index < -0.39 is 12.1 Å². The summed E-state index contributed by atoms with van der Waals surface area (Å²) in [6, 6.07) is 3.07. The molecule has 0 bridgehead atoms. The Bertz CT molecular complexity index is 671. The standard InChI is InChI=1S/C14H15F3N4O3/c1-23-6-2-3-11(22)19-8-10-5-4-9(7-18-10)12-20-13(24-21-12)14(15,16)17/h4-5,7H,2-3,6,8H2,1H3,(H,19,22). The Morgan fingerprint density at radius 2 is 2.17 bits per heavy atom. The predicted octanol–water partition coefficient (Wildman–Crippen LogP) is 2.19. The number of carbonyl (C=O) groups is 1. The van der Waals surface area contributed by atoms with Gasteiger partial charge >= 0.3 is 12.1 Å². The largest absolute Gasteiger partial charge is 0.471 e. The molecule has 7 nitrogen and oxygen atoms in total. The summed E-state index contributed by atoms with van der Waals surface area (Å²) in [6.07, 6.45) is -2.41. The Morgan fingerprint density at radius 1 is 1.38 bits per heavy atom. The molecule has 130 valence electrons. The van der Waals surface area contributed by atoms with E-state index >= 15 is 0 Å². The number of carbonyl (C=O) groups excluding carboxylic acids is 1. The zero-order valence-corrected chi connectivity index (χ0v) is 12.8. The van der Waals surface area contributed by atoms with Crippen molar-refractivity contribution in [1.82, 2.24) is 20.4 Å². The molecule has 2 heterocycles. The molecule has 0 atom stereocenters. The zero-order valence-electron chi connectivity index (χ0n) is 12.8. The topological polar surface area (TPSA) is 90.1 Å². The highest BCUT2D eigenvalue weighted by Gasteiger charge is 2.38. The van der Waals surface area contributed by atoms with E-state index in [1.54, 1.807) is 13.2 Å². The number of aromatic nitrogens is 3. The van der Waals surface area contributed by atoms with Gasteiger partial charge in [-0.1, -0.05) is 5.16 Å². The number of ether oxygens (including phenoxy) is 1. The average molecular weight is 344 g/mol. The molecule has 0 aliphatic rings. The molecule has 0 saturated carbocycles. The highest BCUT2D eigenvalue weighted by Crippen LogP contribution is 2.29. The van der Waals surface area contributed by atoms with E-state index in [1.807, 2.05) is 0 Å². The summed E-state index contributed by atoms with van der Waals surface area (Å²) >= 11 is 0. The van der Waals surface area contributed by atoms with Crippen LogP contribution in [0.15, 0.2) is 22.9 Å². The first kappa shape index (κ1) is 17.9. The van der Waals surface area contributed by atoms with Crippen molar-refractivity contribution in [1.29, 1.82) is 0 Å². The van der Waals surface area contributed by atoms with E-state index in [9.17, 15) is 18.0 Å². The van der Waals surface area contributed by atoms with Gasteiger partial charge in [-0.25, -0.2) is 0 Å². The summed E-state index contributed by atoms with van der Waals surface area (Å²) in [5.74, 6) is -1.75. The lowest BCUT2D eigenvalue weighted by atomic mass is 10.2. The lowest BCUT2D eigenvalue weighted by Crippen LogP contribution is -2.23. The van der Waals surface area contributed by atoms with Crippen LogP contribution in [-0.4, -0.2) is 34.7 Å². The Labute approximate surface area is 135 Å². The number of alkyl halides is 3. The molecule has 10 heteroatoms. The van der Waals surface area contributed by atoms with Crippen molar-refractivity contribution >= 4 is 5.91 Å². The second-order valence-corrected chi connectivity index (χ2v) is 4.83. The summed E-state index contributed by atoms with van der Waals surface area (Å²) in [6.45, 7) is 0.719. The van der Waals surface area contributed by atoms with Crippen molar-refractivity contribution in [3.05, 3.63) is 29.9 Å². The van der Waals surface area contributed by atoms with E-state index in [2.05, 4.69) is 25.0 Å². The Morgan fingerprint density at radius 3 is 2.75 bits per heavy atom. The molecule has 0 aliphatic heterocycles. The molecular weight excluding hydrogens is 329 g/mol. The number of rotatable bonds is 7. The molecule has 2 aromatic heterocycles. The Balaban J connectivity index is 1.91. The van der Waals surface area contributed by atoms with Gasteiger partial charge in [-0.15, -0.1) is 0 Å². The van der Waals surface area contributed by atoms with Crippen LogP contribution in [0.25, 0.3) is 11.4 Å². The third-order valence-electron chi connectivity index (χ3n) is 2.97. The fourth-order valence-corrected chi connectivity index (χ4v) is 1.77. The van der Waals surface area contributed by atoms with Gasteiger partial charge in [-0.3, -0.25) is 9.78 Å². The summed E-state index contributed by atoms with van der Waals surface area (Å²) in [4.78, 5) is 18.9. The van der Waals surface area contributed by atoms with Crippen molar-refractivity contribution < 1.29 is 27.2 Å². The van der Waals surface area contributed by atoms with Crippen LogP contribution in [0.4, 0.5) is 13.2 Å². The van der Waals surface area contributed by atoms with Gasteiger partial charge in [0, 0.05) is 31.9 Å². The number of nitrogens with zero attached hydrogens (tertiary/aromatic N) is 3. The Kier molecular flexibility index (Phi) is 5.85. The molecule has 1 amide bonds. The fraction of sp³-hybridized carbons (Fsp3) is 0.429. The maximum absolute atomic E-state index is 12.4. The van der Waals surface area contributed by atoms with Gasteiger partial charge in [0.2, 0.25) is 11.7 Å². The Hall–Kier alpha value is -2.49. The minimum Gasteiger partial charge on any atom is -0.385 e. The van der Waals surface area contributed by atoms with E-state index in [0.29, 0.717) is 25.1 Å². The van der Waals surface area contributed by atoms with Crippen molar-refractivity contribution in [3.8, 4) is 11.4 Å². The minimum absolute atomic E-state index is 0.133. The van der Waals surface area contributed by atoms with Crippen LogP contribution < -0.4 is 5.32 Å². The van der Waals surface area contributed by atoms with Crippen molar-refractivity contribution in [3.63, 3.8) is 0 Å². The van der Waals surface area contributed by atoms with Crippen LogP contribution in [-0.2, 0) is 22.3 Å². The second-order valence-electron chi connectivity index (χ2n) is 4.83. The minimum atomic E-state index is -4.69. The van der Waals surface area contributed by atoms with Gasteiger partial charge in [0.15, 0.2) is 0 Å². The molecule has 2 rings (SSSR count). The number of halogens is 3. The molecule has 0 radical (unpaired) electrons. The maximum Gasteiger partial charge on any atom is 0.471 e. The van der Waals surface area contributed by atoms with Crippen LogP contribution in [0.1, 0.15) is 24.4 Å². The lowest BCUT2D eigenvalue weighted by molar-refractivity contribution is -0.159. The monoisotopic (exact) mass is 344 g/mol. The van der Waals surface area contributed by atoms with Crippen LogP contribution in [0.3, 0.4) is 0 Å². The number of hydrogen-bond acceptors (Lipinski definition) is 6. The normalized spacial score (nSPS) is 11.5. The van der Waals surface area contributed by atoms with Gasteiger partial charge in [-0.2, -0.15) is 18.2 Å². The number of hydrogen-bond donors (Lipinski definition) is 1. The van der Waals surface area contributed by atoms with Gasteiger partial charge in [0.1, 0.15) is 0 Å². The van der Waals surface area contributed by atoms with Crippen LogP contribution in [0, 0.1) is 0 Å². The quantitative estimate of drug-likeness (QED) is 0.775. The highest BCUT2D eigenvalue weighted by molar-refractivity contribution is 5.75. The smallest absolute Gasteiger partial charge is 0.385 e. The van der Waals surface area contributed by atoms with Gasteiger partial charge < -0.3 is 14.6 Å². The number of amides is 1. The van der Waals surface area contributed by atoms with Crippen LogP contribution in [0.5, 0.6) is 0 Å². The summed E-state index contributed by atoms with van der Waals surface area (Å²) < 4.78 is 46.2. The van der Waals surface area contributed by atoms with E-state index in [0.717, 1.165) is 0 Å². The van der Waals surface area contributed by atoms with E-state index in [4.69, 9.17) is 4.74 Å². The zero-order chi connectivity index (χ0) is 17.6. The molecule has 24 heavy (non-hydrogen) atoms. The summed E-state index contributed by atoms with van der Waals surface area (Å²) in [7, 11) is 1.56. The van der Waals surface area contributed by atoms with E-state index in [1.165, 1.54) is 12.3 Å². The lowest BCUT2D eigenvalue weighted by Gasteiger charge is -2.05. The first-order chi connectivity index (χ1) is 11.4. The highest BCUT2D eigenvalue weighted by atomic mass is 19.4. The summed E-state index contributed by atoms with van der Waals surface area (Å²) in [5.41, 5.74) is 0.836. The predicted molar refractivity (Wildman–Crippen MR) is 75.5 cm³/mol. The molecule has 1 N–H and O–H groups in total. The van der Waals surface area contributed by atoms with Crippen LogP contribution >= 0.6 is 0 Å². The number of pyridine rings is 1. The first-order valence-corrected chi connectivity index (χ1v) is 7.02.